The zero-order valence-electron chi connectivity index (χ0n) is 12.7. The molecule has 1 atom stereocenters. The fourth-order valence-electron chi connectivity index (χ4n) is 2.86. The lowest BCUT2D eigenvalue weighted by Gasteiger charge is -2.34. The molecule has 114 valence electrons. The molecule has 1 amide bonds. The number of rotatable bonds is 4. The average Bonchev–Trinajstić information content (AvgIpc) is 2.61. The van der Waals surface area contributed by atoms with Crippen molar-refractivity contribution in [1.29, 1.82) is 0 Å². The van der Waals surface area contributed by atoms with Gasteiger partial charge in [-0.1, -0.05) is 48.5 Å². The molecule has 1 heterocycles. The van der Waals surface area contributed by atoms with Crippen LogP contribution in [-0.4, -0.2) is 30.1 Å². The lowest BCUT2D eigenvalue weighted by atomic mass is 10.0. The third-order valence-corrected chi connectivity index (χ3v) is 4.05. The van der Waals surface area contributed by atoms with Crippen molar-refractivity contribution in [3.8, 4) is 0 Å². The van der Waals surface area contributed by atoms with Crippen molar-refractivity contribution in [1.82, 2.24) is 4.90 Å². The SMILES string of the molecule is O=C(c1ccccc1)N(Cc1ccccc1)[C@@H]1CCCOC1. The summed E-state index contributed by atoms with van der Waals surface area (Å²) in [5.74, 6) is 0.0833. The standard InChI is InChI=1S/C19H21NO2/c21-19(17-10-5-2-6-11-17)20(18-12-7-13-22-15-18)14-16-8-3-1-4-9-16/h1-6,8-11,18H,7,12-15H2/t18-/m1/s1. The summed E-state index contributed by atoms with van der Waals surface area (Å²) >= 11 is 0. The monoisotopic (exact) mass is 295 g/mol. The molecule has 1 aliphatic heterocycles. The molecule has 0 N–H and O–H groups in total. The first kappa shape index (κ1) is 14.8. The highest BCUT2D eigenvalue weighted by atomic mass is 16.5. The first-order chi connectivity index (χ1) is 10.8. The van der Waals surface area contributed by atoms with Gasteiger partial charge in [-0.3, -0.25) is 4.79 Å². The minimum Gasteiger partial charge on any atom is -0.379 e. The summed E-state index contributed by atoms with van der Waals surface area (Å²) in [7, 11) is 0. The second kappa shape index (κ2) is 7.23. The normalized spacial score (nSPS) is 17.9. The first-order valence-corrected chi connectivity index (χ1v) is 7.82. The molecule has 2 aromatic rings. The van der Waals surface area contributed by atoms with Gasteiger partial charge in [-0.2, -0.15) is 0 Å². The van der Waals surface area contributed by atoms with E-state index in [2.05, 4.69) is 12.1 Å². The van der Waals surface area contributed by atoms with Gasteiger partial charge in [0, 0.05) is 18.7 Å². The van der Waals surface area contributed by atoms with Crippen LogP contribution < -0.4 is 0 Å². The van der Waals surface area contributed by atoms with E-state index < -0.39 is 0 Å². The second-order valence-corrected chi connectivity index (χ2v) is 5.66. The number of carbonyl (C=O) groups excluding carboxylic acids is 1. The van der Waals surface area contributed by atoms with Gasteiger partial charge in [-0.05, 0) is 30.5 Å². The summed E-state index contributed by atoms with van der Waals surface area (Å²) in [4.78, 5) is 14.9. The molecule has 3 heteroatoms. The van der Waals surface area contributed by atoms with Crippen LogP contribution in [0.1, 0.15) is 28.8 Å². The number of nitrogens with zero attached hydrogens (tertiary/aromatic N) is 1. The van der Waals surface area contributed by atoms with Gasteiger partial charge in [0.15, 0.2) is 0 Å². The Morgan fingerprint density at radius 2 is 1.73 bits per heavy atom. The van der Waals surface area contributed by atoms with Crippen molar-refractivity contribution in [2.24, 2.45) is 0 Å². The summed E-state index contributed by atoms with van der Waals surface area (Å²) in [5, 5.41) is 0. The largest absolute Gasteiger partial charge is 0.379 e. The number of carbonyl (C=O) groups is 1. The van der Waals surface area contributed by atoms with Crippen molar-refractivity contribution in [2.45, 2.75) is 25.4 Å². The van der Waals surface area contributed by atoms with Crippen LogP contribution >= 0.6 is 0 Å². The summed E-state index contributed by atoms with van der Waals surface area (Å²) < 4.78 is 5.59. The Balaban J connectivity index is 1.83. The van der Waals surface area contributed by atoms with Crippen LogP contribution in [0.25, 0.3) is 0 Å². The molecule has 0 bridgehead atoms. The molecule has 0 radical (unpaired) electrons. The van der Waals surface area contributed by atoms with Gasteiger partial charge in [-0.25, -0.2) is 0 Å². The maximum Gasteiger partial charge on any atom is 0.254 e. The highest BCUT2D eigenvalue weighted by molar-refractivity contribution is 5.94. The third-order valence-electron chi connectivity index (χ3n) is 4.05. The Morgan fingerprint density at radius 3 is 2.36 bits per heavy atom. The van der Waals surface area contributed by atoms with Crippen molar-refractivity contribution in [2.75, 3.05) is 13.2 Å². The fourth-order valence-corrected chi connectivity index (χ4v) is 2.86. The lowest BCUT2D eigenvalue weighted by molar-refractivity contribution is 0.0143. The van der Waals surface area contributed by atoms with Gasteiger partial charge in [-0.15, -0.1) is 0 Å². The molecule has 1 aliphatic rings. The van der Waals surface area contributed by atoms with Crippen LogP contribution in [0.2, 0.25) is 0 Å². The second-order valence-electron chi connectivity index (χ2n) is 5.66. The molecule has 2 aromatic carbocycles. The molecule has 0 unspecified atom stereocenters. The summed E-state index contributed by atoms with van der Waals surface area (Å²) in [6.07, 6.45) is 2.02. The van der Waals surface area contributed by atoms with Gasteiger partial charge in [0.2, 0.25) is 0 Å². The van der Waals surface area contributed by atoms with E-state index in [1.54, 1.807) is 0 Å². The Morgan fingerprint density at radius 1 is 1.05 bits per heavy atom. The molecule has 1 fully saturated rings. The molecule has 0 aromatic heterocycles. The molecule has 3 nitrogen and oxygen atoms in total. The van der Waals surface area contributed by atoms with E-state index in [4.69, 9.17) is 4.74 Å². The number of benzene rings is 2. The highest BCUT2D eigenvalue weighted by Gasteiger charge is 2.26. The Kier molecular flexibility index (Phi) is 4.86. The van der Waals surface area contributed by atoms with E-state index in [0.29, 0.717) is 13.2 Å². The smallest absolute Gasteiger partial charge is 0.254 e. The van der Waals surface area contributed by atoms with Crippen molar-refractivity contribution < 1.29 is 9.53 Å². The Hall–Kier alpha value is -2.13. The summed E-state index contributed by atoms with van der Waals surface area (Å²) in [5.41, 5.74) is 1.89. The van der Waals surface area contributed by atoms with Crippen molar-refractivity contribution >= 4 is 5.91 Å². The van der Waals surface area contributed by atoms with Crippen LogP contribution in [-0.2, 0) is 11.3 Å². The number of ether oxygens (including phenoxy) is 1. The highest BCUT2D eigenvalue weighted by Crippen LogP contribution is 2.19. The van der Waals surface area contributed by atoms with Crippen molar-refractivity contribution in [3.63, 3.8) is 0 Å². The van der Waals surface area contributed by atoms with E-state index in [0.717, 1.165) is 30.6 Å². The minimum atomic E-state index is 0.0833. The Bertz CT molecular complexity index is 591. The topological polar surface area (TPSA) is 29.5 Å². The minimum absolute atomic E-state index is 0.0833. The number of hydrogen-bond donors (Lipinski definition) is 0. The van der Waals surface area contributed by atoms with Crippen LogP contribution in [0.3, 0.4) is 0 Å². The van der Waals surface area contributed by atoms with Crippen LogP contribution in [0.5, 0.6) is 0 Å². The van der Waals surface area contributed by atoms with Gasteiger partial charge < -0.3 is 9.64 Å². The van der Waals surface area contributed by atoms with Crippen LogP contribution in [0.15, 0.2) is 60.7 Å². The van der Waals surface area contributed by atoms with E-state index >= 15 is 0 Å². The fraction of sp³-hybridized carbons (Fsp3) is 0.316. The summed E-state index contributed by atoms with van der Waals surface area (Å²) in [6.45, 7) is 2.06. The predicted octanol–water partition coefficient (Wildman–Crippen LogP) is 3.51. The number of amides is 1. The van der Waals surface area contributed by atoms with Gasteiger partial charge >= 0.3 is 0 Å². The zero-order chi connectivity index (χ0) is 15.2. The lowest BCUT2D eigenvalue weighted by Crippen LogP contribution is -2.44. The molecular formula is C19H21NO2. The molecule has 22 heavy (non-hydrogen) atoms. The maximum absolute atomic E-state index is 12.9. The quantitative estimate of drug-likeness (QED) is 0.864. The number of hydrogen-bond acceptors (Lipinski definition) is 2. The average molecular weight is 295 g/mol. The van der Waals surface area contributed by atoms with Crippen LogP contribution in [0, 0.1) is 0 Å². The molecular weight excluding hydrogens is 274 g/mol. The van der Waals surface area contributed by atoms with Crippen molar-refractivity contribution in [3.05, 3.63) is 71.8 Å². The zero-order valence-corrected chi connectivity index (χ0v) is 12.7. The predicted molar refractivity (Wildman–Crippen MR) is 86.6 cm³/mol. The van der Waals surface area contributed by atoms with E-state index in [9.17, 15) is 4.79 Å². The van der Waals surface area contributed by atoms with Crippen LogP contribution in [0.4, 0.5) is 0 Å². The molecule has 0 saturated carbocycles. The third kappa shape index (κ3) is 3.55. The maximum atomic E-state index is 12.9. The van der Waals surface area contributed by atoms with Gasteiger partial charge in [0.05, 0.1) is 12.6 Å². The first-order valence-electron chi connectivity index (χ1n) is 7.82. The van der Waals surface area contributed by atoms with E-state index in [1.165, 1.54) is 0 Å². The van der Waals surface area contributed by atoms with Gasteiger partial charge in [0.25, 0.3) is 5.91 Å². The Labute approximate surface area is 131 Å². The molecule has 0 aliphatic carbocycles. The van der Waals surface area contributed by atoms with E-state index in [-0.39, 0.29) is 11.9 Å². The van der Waals surface area contributed by atoms with E-state index in [1.807, 2.05) is 53.4 Å². The summed E-state index contributed by atoms with van der Waals surface area (Å²) in [6, 6.07) is 19.8. The molecule has 1 saturated heterocycles. The molecule has 0 spiro atoms. The van der Waals surface area contributed by atoms with Gasteiger partial charge in [0.1, 0.15) is 0 Å². The molecule has 3 rings (SSSR count).